The Hall–Kier alpha value is -0.650. The van der Waals surface area contributed by atoms with Crippen molar-refractivity contribution in [1.82, 2.24) is 10.3 Å². The summed E-state index contributed by atoms with van der Waals surface area (Å²) in [4.78, 5) is 8.82. The molecule has 2 heterocycles. The van der Waals surface area contributed by atoms with Gasteiger partial charge in [-0.15, -0.1) is 11.3 Å². The van der Waals surface area contributed by atoms with E-state index in [0.717, 1.165) is 13.1 Å². The molecule has 1 N–H and O–H groups in total. The summed E-state index contributed by atoms with van der Waals surface area (Å²) >= 11 is 1.89. The lowest BCUT2D eigenvalue weighted by Crippen LogP contribution is -2.39. The molecule has 5 heteroatoms. The van der Waals surface area contributed by atoms with Crippen molar-refractivity contribution in [3.8, 4) is 0 Å². The lowest BCUT2D eigenvalue weighted by atomic mass is 9.98. The summed E-state index contributed by atoms with van der Waals surface area (Å²) in [7, 11) is 3.86. The number of fused-ring (bicyclic) bond motifs is 1. The topological polar surface area (TPSA) is 37.4 Å². The van der Waals surface area contributed by atoms with Gasteiger partial charge in [0.1, 0.15) is 0 Å². The Morgan fingerprint density at radius 3 is 3.05 bits per heavy atom. The molecular formula is C14H23N3OS. The average Bonchev–Trinajstić information content (AvgIpc) is 2.91. The number of nitrogens with one attached hydrogen (secondary N) is 1. The predicted molar refractivity (Wildman–Crippen MR) is 79.1 cm³/mol. The van der Waals surface area contributed by atoms with Gasteiger partial charge in [-0.1, -0.05) is 0 Å². The highest BCUT2D eigenvalue weighted by atomic mass is 32.1. The van der Waals surface area contributed by atoms with Crippen LogP contribution in [0.4, 0.5) is 5.13 Å². The SMILES string of the molecule is CNC1CCCc2sc(N3CCCC(OC)C3)nc21. The Kier molecular flexibility index (Phi) is 4.05. The standard InChI is InChI=1S/C14H23N3OS/c1-15-11-6-3-7-12-13(11)16-14(19-12)17-8-4-5-10(9-17)18-2/h10-11,15H,3-9H2,1-2H3. The van der Waals surface area contributed by atoms with Crippen LogP contribution in [-0.2, 0) is 11.2 Å². The Morgan fingerprint density at radius 2 is 2.26 bits per heavy atom. The van der Waals surface area contributed by atoms with Gasteiger partial charge < -0.3 is 15.0 Å². The zero-order chi connectivity index (χ0) is 13.2. The summed E-state index contributed by atoms with van der Waals surface area (Å²) in [6.07, 6.45) is 6.45. The second-order valence-corrected chi connectivity index (χ2v) is 6.55. The zero-order valence-electron chi connectivity index (χ0n) is 11.8. The molecule has 0 saturated carbocycles. The van der Waals surface area contributed by atoms with E-state index in [0.29, 0.717) is 12.1 Å². The van der Waals surface area contributed by atoms with Crippen LogP contribution in [-0.4, -0.2) is 38.3 Å². The molecule has 2 aliphatic rings. The van der Waals surface area contributed by atoms with Crippen LogP contribution in [0.3, 0.4) is 0 Å². The molecule has 2 atom stereocenters. The zero-order valence-corrected chi connectivity index (χ0v) is 12.6. The van der Waals surface area contributed by atoms with E-state index in [1.54, 1.807) is 0 Å². The van der Waals surface area contributed by atoms with Gasteiger partial charge in [0.25, 0.3) is 0 Å². The van der Waals surface area contributed by atoms with E-state index in [1.165, 1.54) is 47.8 Å². The van der Waals surface area contributed by atoms with E-state index in [1.807, 2.05) is 25.5 Å². The lowest BCUT2D eigenvalue weighted by Gasteiger charge is -2.31. The van der Waals surface area contributed by atoms with Gasteiger partial charge in [0.05, 0.1) is 17.8 Å². The number of rotatable bonds is 3. The summed E-state index contributed by atoms with van der Waals surface area (Å²) in [5, 5.41) is 4.60. The highest BCUT2D eigenvalue weighted by Gasteiger charge is 2.27. The Morgan fingerprint density at radius 1 is 1.37 bits per heavy atom. The monoisotopic (exact) mass is 281 g/mol. The summed E-state index contributed by atoms with van der Waals surface area (Å²) in [5.74, 6) is 0. The van der Waals surface area contributed by atoms with Crippen molar-refractivity contribution in [2.24, 2.45) is 0 Å². The first-order valence-electron chi connectivity index (χ1n) is 7.26. The number of methoxy groups -OCH3 is 1. The molecule has 1 fully saturated rings. The Labute approximate surface area is 119 Å². The molecule has 19 heavy (non-hydrogen) atoms. The maximum Gasteiger partial charge on any atom is 0.185 e. The summed E-state index contributed by atoms with van der Waals surface area (Å²) < 4.78 is 5.51. The van der Waals surface area contributed by atoms with Crippen LogP contribution in [0.2, 0.25) is 0 Å². The normalized spacial score (nSPS) is 27.4. The molecular weight excluding hydrogens is 258 g/mol. The summed E-state index contributed by atoms with van der Waals surface area (Å²) in [6, 6.07) is 0.455. The molecule has 1 aromatic rings. The first-order valence-corrected chi connectivity index (χ1v) is 8.08. The van der Waals surface area contributed by atoms with Gasteiger partial charge in [-0.05, 0) is 39.2 Å². The fraction of sp³-hybridized carbons (Fsp3) is 0.786. The molecule has 1 saturated heterocycles. The summed E-state index contributed by atoms with van der Waals surface area (Å²) in [6.45, 7) is 2.11. The number of anilines is 1. The number of ether oxygens (including phenoxy) is 1. The number of aryl methyl sites for hydroxylation is 1. The minimum atomic E-state index is 0.370. The first-order chi connectivity index (χ1) is 9.31. The fourth-order valence-corrected chi connectivity index (χ4v) is 4.32. The van der Waals surface area contributed by atoms with E-state index in [4.69, 9.17) is 9.72 Å². The van der Waals surface area contributed by atoms with Gasteiger partial charge in [0, 0.05) is 25.1 Å². The quantitative estimate of drug-likeness (QED) is 0.923. The molecule has 0 amide bonds. The highest BCUT2D eigenvalue weighted by molar-refractivity contribution is 7.15. The molecule has 0 spiro atoms. The molecule has 0 aromatic carbocycles. The number of hydrogen-bond acceptors (Lipinski definition) is 5. The Bertz CT molecular complexity index is 434. The third-order valence-corrected chi connectivity index (χ3v) is 5.47. The largest absolute Gasteiger partial charge is 0.380 e. The van der Waals surface area contributed by atoms with Crippen molar-refractivity contribution in [1.29, 1.82) is 0 Å². The van der Waals surface area contributed by atoms with E-state index in [-0.39, 0.29) is 0 Å². The molecule has 4 nitrogen and oxygen atoms in total. The minimum Gasteiger partial charge on any atom is -0.380 e. The van der Waals surface area contributed by atoms with Crippen LogP contribution in [0, 0.1) is 0 Å². The highest BCUT2D eigenvalue weighted by Crippen LogP contribution is 2.37. The number of thiazole rings is 1. The van der Waals surface area contributed by atoms with Gasteiger partial charge >= 0.3 is 0 Å². The number of hydrogen-bond donors (Lipinski definition) is 1. The Balaban J connectivity index is 1.80. The second-order valence-electron chi connectivity index (χ2n) is 5.48. The van der Waals surface area contributed by atoms with Crippen molar-refractivity contribution in [2.45, 2.75) is 44.2 Å². The maximum atomic E-state index is 5.51. The second kappa shape index (κ2) is 5.77. The molecule has 1 aliphatic carbocycles. The molecule has 0 radical (unpaired) electrons. The van der Waals surface area contributed by atoms with E-state index in [2.05, 4.69) is 10.2 Å². The minimum absolute atomic E-state index is 0.370. The van der Waals surface area contributed by atoms with Crippen molar-refractivity contribution in [3.05, 3.63) is 10.6 Å². The van der Waals surface area contributed by atoms with Crippen LogP contribution in [0.1, 0.15) is 42.3 Å². The van der Waals surface area contributed by atoms with Crippen LogP contribution < -0.4 is 10.2 Å². The van der Waals surface area contributed by atoms with Crippen molar-refractivity contribution in [2.75, 3.05) is 32.1 Å². The van der Waals surface area contributed by atoms with E-state index < -0.39 is 0 Å². The third kappa shape index (κ3) is 2.64. The fourth-order valence-electron chi connectivity index (χ4n) is 3.13. The molecule has 2 unspecified atom stereocenters. The van der Waals surface area contributed by atoms with Crippen LogP contribution in [0.15, 0.2) is 0 Å². The van der Waals surface area contributed by atoms with Gasteiger partial charge in [-0.3, -0.25) is 0 Å². The van der Waals surface area contributed by atoms with Crippen molar-refractivity contribution < 1.29 is 4.74 Å². The van der Waals surface area contributed by atoms with Crippen LogP contribution in [0.5, 0.6) is 0 Å². The third-order valence-electron chi connectivity index (χ3n) is 4.27. The first kappa shape index (κ1) is 13.3. The molecule has 0 bridgehead atoms. The van der Waals surface area contributed by atoms with Gasteiger partial charge in [-0.2, -0.15) is 0 Å². The average molecular weight is 281 g/mol. The lowest BCUT2D eigenvalue weighted by molar-refractivity contribution is 0.0893. The molecule has 106 valence electrons. The van der Waals surface area contributed by atoms with E-state index >= 15 is 0 Å². The number of piperidine rings is 1. The molecule has 1 aromatic heterocycles. The van der Waals surface area contributed by atoms with Crippen molar-refractivity contribution in [3.63, 3.8) is 0 Å². The van der Waals surface area contributed by atoms with Crippen LogP contribution >= 0.6 is 11.3 Å². The van der Waals surface area contributed by atoms with Gasteiger partial charge in [0.2, 0.25) is 0 Å². The van der Waals surface area contributed by atoms with Crippen molar-refractivity contribution >= 4 is 16.5 Å². The summed E-state index contributed by atoms with van der Waals surface area (Å²) in [5.41, 5.74) is 1.30. The van der Waals surface area contributed by atoms with Gasteiger partial charge in [-0.25, -0.2) is 4.98 Å². The number of aromatic nitrogens is 1. The molecule has 3 rings (SSSR count). The van der Waals surface area contributed by atoms with Gasteiger partial charge in [0.15, 0.2) is 5.13 Å². The predicted octanol–water partition coefficient (Wildman–Crippen LogP) is 2.36. The van der Waals surface area contributed by atoms with E-state index in [9.17, 15) is 0 Å². The smallest absolute Gasteiger partial charge is 0.185 e. The molecule has 1 aliphatic heterocycles. The maximum absolute atomic E-state index is 5.51. The van der Waals surface area contributed by atoms with Crippen LogP contribution in [0.25, 0.3) is 0 Å². The number of nitrogens with zero attached hydrogens (tertiary/aromatic N) is 2.